The molecule has 0 amide bonds. The van der Waals surface area contributed by atoms with E-state index in [4.69, 9.17) is 20.4 Å². The molecule has 13 nitrogen and oxygen atoms in total. The first kappa shape index (κ1) is 50.3. The summed E-state index contributed by atoms with van der Waals surface area (Å²) in [6.07, 6.45) is -2.29. The molecule has 0 radical (unpaired) electrons. The first-order chi connectivity index (χ1) is 5.78. The summed E-state index contributed by atoms with van der Waals surface area (Å²) < 4.78 is 0. The van der Waals surface area contributed by atoms with Crippen molar-refractivity contribution in [2.45, 2.75) is 18.4 Å². The summed E-state index contributed by atoms with van der Waals surface area (Å²) in [6, 6.07) is 0. The van der Waals surface area contributed by atoms with E-state index < -0.39 is 36.4 Å². The van der Waals surface area contributed by atoms with Crippen molar-refractivity contribution in [1.82, 2.24) is 0 Å². The van der Waals surface area contributed by atoms with E-state index in [1.165, 1.54) is 0 Å². The monoisotopic (exact) mass is 340 g/mol. The molecule has 0 heterocycles. The van der Waals surface area contributed by atoms with Crippen LogP contribution in [0.1, 0.15) is 14.3 Å². The fourth-order valence-corrected chi connectivity index (χ4v) is 0.714. The third kappa shape index (κ3) is 20.1. The maximum absolute atomic E-state index is 10.3. The summed E-state index contributed by atoms with van der Waals surface area (Å²) in [4.78, 5) is 30.5. The number of hydrogen-bond donors (Lipinski definition) is 4. The average molecular weight is 340 g/mol. The molecule has 0 rings (SSSR count). The third-order valence-electron chi connectivity index (χ3n) is 1.29. The number of aliphatic hydroxyl groups is 1. The van der Waals surface area contributed by atoms with Crippen molar-refractivity contribution < 1.29 is 120 Å². The van der Waals surface area contributed by atoms with E-state index in [0.717, 1.165) is 0 Å². The Labute approximate surface area is 156 Å². The minimum atomic E-state index is -2.74. The van der Waals surface area contributed by atoms with Crippen LogP contribution >= 0.6 is 0 Å². The summed E-state index contributed by atoms with van der Waals surface area (Å²) in [6.45, 7) is 0. The van der Waals surface area contributed by atoms with Gasteiger partial charge in [0.15, 0.2) is 5.60 Å². The zero-order chi connectivity index (χ0) is 10.6. The average Bonchev–Trinajstić information content (AvgIpc) is 1.82. The predicted octanol–water partition coefficient (Wildman–Crippen LogP) is -9.08. The SMILES string of the molecule is O.O.O.O.O.O.O=C(O)CC(O)(CC(=O)O)C(=O)O.[H-].[K+]. The van der Waals surface area contributed by atoms with Crippen LogP contribution in [0.4, 0.5) is 0 Å². The van der Waals surface area contributed by atoms with Crippen LogP contribution < -0.4 is 51.4 Å². The summed E-state index contributed by atoms with van der Waals surface area (Å²) in [7, 11) is 0. The molecule has 0 aliphatic rings. The van der Waals surface area contributed by atoms with Crippen LogP contribution in [-0.2, 0) is 14.4 Å². The Morgan fingerprint density at radius 1 is 0.750 bits per heavy atom. The van der Waals surface area contributed by atoms with Gasteiger partial charge in [0, 0.05) is 0 Å². The molecule has 0 saturated carbocycles. The van der Waals surface area contributed by atoms with Crippen LogP contribution in [0.2, 0.25) is 0 Å². The van der Waals surface area contributed by atoms with Crippen LogP contribution in [0.25, 0.3) is 0 Å². The van der Waals surface area contributed by atoms with Gasteiger partial charge in [-0.3, -0.25) is 9.59 Å². The molecule has 0 fully saturated rings. The molecule has 0 aromatic heterocycles. The van der Waals surface area contributed by atoms with Crippen molar-refractivity contribution in [1.29, 1.82) is 0 Å². The van der Waals surface area contributed by atoms with Crippen LogP contribution in [0, 0.1) is 0 Å². The van der Waals surface area contributed by atoms with E-state index in [2.05, 4.69) is 0 Å². The van der Waals surface area contributed by atoms with E-state index in [1.54, 1.807) is 0 Å². The van der Waals surface area contributed by atoms with E-state index in [0.29, 0.717) is 0 Å². The molecule has 16 N–H and O–H groups in total. The predicted molar refractivity (Wildman–Crippen MR) is 59.9 cm³/mol. The first-order valence-electron chi connectivity index (χ1n) is 3.17. The van der Waals surface area contributed by atoms with Gasteiger partial charge in [0.1, 0.15) is 0 Å². The molecule has 0 aliphatic carbocycles. The second-order valence-corrected chi connectivity index (χ2v) is 2.48. The van der Waals surface area contributed by atoms with Gasteiger partial charge in [0.25, 0.3) is 0 Å². The van der Waals surface area contributed by atoms with Gasteiger partial charge in [-0.1, -0.05) is 0 Å². The Morgan fingerprint density at radius 2 is 0.950 bits per heavy atom. The largest absolute Gasteiger partial charge is 1.00 e. The molecule has 14 heteroatoms. The fourth-order valence-electron chi connectivity index (χ4n) is 0.714. The Kier molecular flexibility index (Phi) is 53.0. The number of carboxylic acid groups (broad SMARTS) is 3. The number of hydrogen-bond acceptors (Lipinski definition) is 4. The van der Waals surface area contributed by atoms with Gasteiger partial charge in [0.05, 0.1) is 12.8 Å². The molecule has 0 aromatic carbocycles. The number of rotatable bonds is 5. The quantitative estimate of drug-likeness (QED) is 0.349. The van der Waals surface area contributed by atoms with E-state index in [-0.39, 0.29) is 85.7 Å². The summed E-state index contributed by atoms with van der Waals surface area (Å²) >= 11 is 0. The zero-order valence-electron chi connectivity index (χ0n) is 11.4. The molecular weight excluding hydrogens is 319 g/mol. The van der Waals surface area contributed by atoms with Gasteiger partial charge >= 0.3 is 69.3 Å². The Bertz CT molecular complexity index is 243. The van der Waals surface area contributed by atoms with Gasteiger partial charge < -0.3 is 54.7 Å². The zero-order valence-corrected chi connectivity index (χ0v) is 13.6. The molecule has 0 unspecified atom stereocenters. The molecule has 20 heavy (non-hydrogen) atoms. The summed E-state index contributed by atoms with van der Waals surface area (Å²) in [5.74, 6) is -5.02. The van der Waals surface area contributed by atoms with Crippen LogP contribution in [-0.4, -0.2) is 76.8 Å². The number of carboxylic acids is 3. The Hall–Kier alpha value is -0.234. The second kappa shape index (κ2) is 21.1. The molecule has 0 bridgehead atoms. The van der Waals surface area contributed by atoms with Crippen molar-refractivity contribution in [2.75, 3.05) is 0 Å². The normalized spacial score (nSPS) is 7.05. The summed E-state index contributed by atoms with van der Waals surface area (Å²) in [5, 5.41) is 33.8. The molecule has 0 aromatic rings. The fraction of sp³-hybridized carbons (Fsp3) is 0.500. The van der Waals surface area contributed by atoms with Crippen molar-refractivity contribution in [3.8, 4) is 0 Å². The smallest absolute Gasteiger partial charge is 1.00 e. The van der Waals surface area contributed by atoms with Crippen LogP contribution in [0.15, 0.2) is 0 Å². The van der Waals surface area contributed by atoms with Crippen LogP contribution in [0.3, 0.4) is 0 Å². The number of carbonyl (C=O) groups is 3. The third-order valence-corrected chi connectivity index (χ3v) is 1.29. The minimum Gasteiger partial charge on any atom is -1.00 e. The van der Waals surface area contributed by atoms with Crippen molar-refractivity contribution in [3.05, 3.63) is 0 Å². The Morgan fingerprint density at radius 3 is 1.05 bits per heavy atom. The van der Waals surface area contributed by atoms with Gasteiger partial charge in [-0.2, -0.15) is 0 Å². The molecule has 0 aliphatic heterocycles. The van der Waals surface area contributed by atoms with Crippen LogP contribution in [0.5, 0.6) is 0 Å². The van der Waals surface area contributed by atoms with Crippen molar-refractivity contribution in [2.24, 2.45) is 0 Å². The molecule has 0 spiro atoms. The van der Waals surface area contributed by atoms with E-state index in [9.17, 15) is 14.4 Å². The maximum atomic E-state index is 10.3. The molecule has 0 atom stereocenters. The maximum Gasteiger partial charge on any atom is 1.00 e. The van der Waals surface area contributed by atoms with Gasteiger partial charge in [-0.05, 0) is 0 Å². The standard InChI is InChI=1S/C6H8O7.K.6H2O.H/c7-3(8)1-6(13,5(11)12)2-4(9)10;;;;;;;;/h13H,1-2H2,(H,7,8)(H,9,10)(H,11,12);;6*1H2;/q;+1;;;;;;;-1. The second-order valence-electron chi connectivity index (χ2n) is 2.48. The first-order valence-corrected chi connectivity index (χ1v) is 3.17. The van der Waals surface area contributed by atoms with Crippen molar-refractivity contribution in [3.63, 3.8) is 0 Å². The summed E-state index contributed by atoms with van der Waals surface area (Å²) in [5.41, 5.74) is -2.74. The molecule has 124 valence electrons. The number of aliphatic carboxylic acids is 3. The van der Waals surface area contributed by atoms with Gasteiger partial charge in [-0.25, -0.2) is 4.79 Å². The van der Waals surface area contributed by atoms with E-state index in [1.807, 2.05) is 0 Å². The molecular formula is C6H21KO13. The van der Waals surface area contributed by atoms with Gasteiger partial charge in [0.2, 0.25) is 0 Å². The van der Waals surface area contributed by atoms with Gasteiger partial charge in [-0.15, -0.1) is 0 Å². The Balaban J connectivity index is -0.0000000257. The minimum absolute atomic E-state index is 0. The van der Waals surface area contributed by atoms with Crippen molar-refractivity contribution >= 4 is 17.9 Å². The topological polar surface area (TPSA) is 321 Å². The van der Waals surface area contributed by atoms with E-state index >= 15 is 0 Å². The molecule has 0 saturated heterocycles.